The molecule has 0 radical (unpaired) electrons. The molecular formula is C24H34N4O3. The lowest BCUT2D eigenvalue weighted by Gasteiger charge is -2.29. The number of benzene rings is 1. The van der Waals surface area contributed by atoms with E-state index >= 15 is 0 Å². The van der Waals surface area contributed by atoms with E-state index in [-0.39, 0.29) is 17.9 Å². The summed E-state index contributed by atoms with van der Waals surface area (Å²) >= 11 is 0. The zero-order chi connectivity index (χ0) is 22.9. The van der Waals surface area contributed by atoms with E-state index in [0.717, 1.165) is 47.1 Å². The number of aliphatic imine (C=N–C) groups is 1. The van der Waals surface area contributed by atoms with Gasteiger partial charge in [-0.25, -0.2) is 4.99 Å². The number of aryl methyl sites for hydroxylation is 3. The fourth-order valence-electron chi connectivity index (χ4n) is 4.37. The number of nitrogens with zero attached hydrogens (tertiary/aromatic N) is 3. The summed E-state index contributed by atoms with van der Waals surface area (Å²) in [6.45, 7) is 12.4. The third-order valence-corrected chi connectivity index (χ3v) is 6.20. The molecule has 168 valence electrons. The molecule has 1 aliphatic rings. The van der Waals surface area contributed by atoms with Gasteiger partial charge in [-0.15, -0.1) is 0 Å². The lowest BCUT2D eigenvalue weighted by molar-refractivity contribution is 0.0953. The Morgan fingerprint density at radius 2 is 2.00 bits per heavy atom. The Kier molecular flexibility index (Phi) is 6.69. The summed E-state index contributed by atoms with van der Waals surface area (Å²) in [5, 5.41) is 23.6. The van der Waals surface area contributed by atoms with Crippen molar-refractivity contribution in [2.45, 2.75) is 59.5 Å². The highest BCUT2D eigenvalue weighted by Gasteiger charge is 2.32. The summed E-state index contributed by atoms with van der Waals surface area (Å²) in [4.78, 5) is 9.76. The molecule has 1 unspecified atom stereocenters. The molecule has 0 bridgehead atoms. The second-order valence-corrected chi connectivity index (χ2v) is 9.35. The van der Waals surface area contributed by atoms with Crippen molar-refractivity contribution in [3.63, 3.8) is 0 Å². The molecule has 1 aliphatic carbocycles. The van der Waals surface area contributed by atoms with Crippen LogP contribution in [0.3, 0.4) is 0 Å². The van der Waals surface area contributed by atoms with Crippen LogP contribution in [-0.4, -0.2) is 38.6 Å². The van der Waals surface area contributed by atoms with Crippen molar-refractivity contribution in [1.29, 1.82) is 0 Å². The van der Waals surface area contributed by atoms with Crippen LogP contribution >= 0.6 is 0 Å². The van der Waals surface area contributed by atoms with Gasteiger partial charge in [-0.05, 0) is 67.3 Å². The second kappa shape index (κ2) is 8.94. The molecule has 4 N–H and O–H groups in total. The first-order valence-corrected chi connectivity index (χ1v) is 10.6. The minimum atomic E-state index is -0.776. The highest BCUT2D eigenvalue weighted by Crippen LogP contribution is 2.36. The van der Waals surface area contributed by atoms with Gasteiger partial charge in [0.15, 0.2) is 5.69 Å². The van der Waals surface area contributed by atoms with Crippen LogP contribution in [0.2, 0.25) is 0 Å². The van der Waals surface area contributed by atoms with E-state index < -0.39 is 6.10 Å². The number of hydrogen-bond donors (Lipinski definition) is 3. The van der Waals surface area contributed by atoms with Gasteiger partial charge in [-0.1, -0.05) is 20.4 Å². The number of aliphatic hydroxyl groups is 2. The maximum absolute atomic E-state index is 9.82. The van der Waals surface area contributed by atoms with Gasteiger partial charge >= 0.3 is 0 Å². The Labute approximate surface area is 184 Å². The molecule has 1 atom stereocenters. The number of hydrogen-bond acceptors (Lipinski definition) is 6. The van der Waals surface area contributed by atoms with E-state index in [4.69, 9.17) is 15.8 Å². The predicted octanol–water partition coefficient (Wildman–Crippen LogP) is 2.76. The average molecular weight is 427 g/mol. The fraction of sp³-hybridized carbons (Fsp3) is 0.500. The molecule has 1 aromatic carbocycles. The molecule has 7 nitrogen and oxygen atoms in total. The predicted molar refractivity (Wildman–Crippen MR) is 123 cm³/mol. The average Bonchev–Trinajstić information content (AvgIpc) is 3.02. The van der Waals surface area contributed by atoms with Crippen molar-refractivity contribution in [3.05, 3.63) is 57.9 Å². The van der Waals surface area contributed by atoms with Crippen LogP contribution in [0, 0.1) is 19.3 Å². The van der Waals surface area contributed by atoms with Gasteiger partial charge in [0.1, 0.15) is 0 Å². The normalized spacial score (nSPS) is 16.7. The quantitative estimate of drug-likeness (QED) is 0.374. The number of aliphatic hydroxyl groups excluding tert-OH is 2. The van der Waals surface area contributed by atoms with E-state index in [1.165, 1.54) is 5.69 Å². The first-order chi connectivity index (χ1) is 14.6. The first-order valence-electron chi connectivity index (χ1n) is 10.6. The number of fused-ring (bicyclic) bond motifs is 1. The van der Waals surface area contributed by atoms with Gasteiger partial charge in [-0.2, -0.15) is 11.0 Å². The van der Waals surface area contributed by atoms with Crippen LogP contribution < -0.4 is 5.90 Å². The van der Waals surface area contributed by atoms with E-state index in [1.807, 2.05) is 37.7 Å². The maximum Gasteiger partial charge on any atom is 0.266 e. The summed E-state index contributed by atoms with van der Waals surface area (Å²) in [6.07, 6.45) is 2.54. The molecule has 0 aliphatic heterocycles. The van der Waals surface area contributed by atoms with E-state index in [1.54, 1.807) is 0 Å². The molecule has 0 saturated heterocycles. The van der Waals surface area contributed by atoms with E-state index in [2.05, 4.69) is 30.5 Å². The van der Waals surface area contributed by atoms with Gasteiger partial charge in [0.2, 0.25) is 0 Å². The van der Waals surface area contributed by atoms with Crippen LogP contribution in [0.25, 0.3) is 5.70 Å². The van der Waals surface area contributed by atoms with Crippen molar-refractivity contribution in [1.82, 2.24) is 9.78 Å². The van der Waals surface area contributed by atoms with E-state index in [0.29, 0.717) is 17.8 Å². The Morgan fingerprint density at radius 1 is 1.35 bits per heavy atom. The van der Waals surface area contributed by atoms with Crippen molar-refractivity contribution >= 4 is 11.6 Å². The number of aromatic nitrogens is 2. The minimum absolute atomic E-state index is 0.239. The van der Waals surface area contributed by atoms with Crippen molar-refractivity contribution in [2.75, 3.05) is 6.61 Å². The molecule has 2 aromatic rings. The van der Waals surface area contributed by atoms with Gasteiger partial charge in [0.05, 0.1) is 18.4 Å². The molecule has 31 heavy (non-hydrogen) atoms. The molecule has 3 rings (SSSR count). The Balaban J connectivity index is 1.93. The van der Waals surface area contributed by atoms with E-state index in [9.17, 15) is 5.11 Å². The van der Waals surface area contributed by atoms with Gasteiger partial charge in [-0.3, -0.25) is 4.68 Å². The monoisotopic (exact) mass is 426 g/mol. The third kappa shape index (κ3) is 4.89. The van der Waals surface area contributed by atoms with Crippen molar-refractivity contribution in [2.24, 2.45) is 23.4 Å². The highest BCUT2D eigenvalue weighted by molar-refractivity contribution is 5.97. The largest absolute Gasteiger partial charge is 0.394 e. The van der Waals surface area contributed by atoms with Crippen LogP contribution in [0.15, 0.2) is 23.7 Å². The zero-order valence-electron chi connectivity index (χ0n) is 19.2. The lowest BCUT2D eigenvalue weighted by Crippen LogP contribution is -2.24. The maximum atomic E-state index is 9.82. The van der Waals surface area contributed by atoms with Crippen LogP contribution in [0.5, 0.6) is 0 Å². The molecule has 1 heterocycles. The standard InChI is InChI=1S/C24H34N4O3/c1-14-9-17(10-15(2)20(14)11-18(30)13-29)16(3)26-23(31-25)22-19-7-8-24(4,5)12-21(19)28(6)27-22/h9-10,18,29-30H,3,7-8,11-13,25H2,1-2,4-6H3/b26-23-. The minimum Gasteiger partial charge on any atom is -0.394 e. The molecule has 0 spiro atoms. The molecular weight excluding hydrogens is 392 g/mol. The van der Waals surface area contributed by atoms with Gasteiger partial charge in [0, 0.05) is 30.3 Å². The lowest BCUT2D eigenvalue weighted by atomic mass is 9.76. The molecule has 0 fully saturated rings. The first kappa shape index (κ1) is 23.2. The Morgan fingerprint density at radius 3 is 2.58 bits per heavy atom. The van der Waals surface area contributed by atoms with Gasteiger partial charge < -0.3 is 15.1 Å². The summed E-state index contributed by atoms with van der Waals surface area (Å²) in [7, 11) is 1.94. The second-order valence-electron chi connectivity index (χ2n) is 9.35. The van der Waals surface area contributed by atoms with Crippen LogP contribution in [0.1, 0.15) is 59.5 Å². The SMILES string of the molecule is C=C(/N=C(\ON)c1nn(C)c2c1CCC(C)(C)C2)c1cc(C)c(CC(O)CO)c(C)c1. The van der Waals surface area contributed by atoms with Crippen molar-refractivity contribution in [3.8, 4) is 0 Å². The summed E-state index contributed by atoms with van der Waals surface area (Å²) in [5.41, 5.74) is 7.64. The summed E-state index contributed by atoms with van der Waals surface area (Å²) in [6, 6.07) is 3.95. The Bertz CT molecular complexity index is 997. The summed E-state index contributed by atoms with van der Waals surface area (Å²) in [5.74, 6) is 5.87. The van der Waals surface area contributed by atoms with Crippen LogP contribution in [0.4, 0.5) is 0 Å². The topological polar surface area (TPSA) is 106 Å². The van der Waals surface area contributed by atoms with Crippen molar-refractivity contribution < 1.29 is 15.1 Å². The summed E-state index contributed by atoms with van der Waals surface area (Å²) < 4.78 is 1.90. The van der Waals surface area contributed by atoms with Gasteiger partial charge in [0.25, 0.3) is 5.90 Å². The number of nitrogens with two attached hydrogens (primary N) is 1. The molecule has 0 saturated carbocycles. The molecule has 7 heteroatoms. The molecule has 1 aromatic heterocycles. The molecule has 0 amide bonds. The third-order valence-electron chi connectivity index (χ3n) is 6.20. The smallest absolute Gasteiger partial charge is 0.266 e. The van der Waals surface area contributed by atoms with Crippen LogP contribution in [-0.2, 0) is 31.1 Å². The fourth-order valence-corrected chi connectivity index (χ4v) is 4.37. The zero-order valence-corrected chi connectivity index (χ0v) is 19.2. The number of rotatable bonds is 6. The Hall–Kier alpha value is -2.48. The highest BCUT2D eigenvalue weighted by atomic mass is 16.6.